The van der Waals surface area contributed by atoms with Crippen molar-refractivity contribution in [2.75, 3.05) is 26.3 Å². The fourth-order valence-electron chi connectivity index (χ4n) is 3.16. The van der Waals surface area contributed by atoms with Gasteiger partial charge < -0.3 is 9.47 Å². The molecule has 4 heteroatoms. The second kappa shape index (κ2) is 6.58. The maximum atomic E-state index is 12.7. The maximum Gasteiger partial charge on any atom is 0.196 e. The molecule has 0 bridgehead atoms. The van der Waals surface area contributed by atoms with Crippen LogP contribution in [0.2, 0.25) is 0 Å². The molecule has 1 aromatic rings. The van der Waals surface area contributed by atoms with Crippen LogP contribution in [0.4, 0.5) is 0 Å². The van der Waals surface area contributed by atoms with E-state index in [4.69, 9.17) is 9.47 Å². The van der Waals surface area contributed by atoms with Crippen molar-refractivity contribution >= 4 is 5.78 Å². The molecule has 3 rings (SSSR count). The highest BCUT2D eigenvalue weighted by molar-refractivity contribution is 6.02. The average molecular weight is 289 g/mol. The number of benzene rings is 1. The fraction of sp³-hybridized carbons (Fsp3) is 0.588. The molecule has 2 aliphatic heterocycles. The third-order valence-corrected chi connectivity index (χ3v) is 4.30. The number of ketones is 1. The van der Waals surface area contributed by atoms with E-state index in [1.165, 1.54) is 12.8 Å². The van der Waals surface area contributed by atoms with Crippen LogP contribution in [0.25, 0.3) is 0 Å². The van der Waals surface area contributed by atoms with Crippen molar-refractivity contribution in [3.05, 3.63) is 29.8 Å². The Morgan fingerprint density at radius 3 is 3.14 bits per heavy atom. The first-order valence-electron chi connectivity index (χ1n) is 7.91. The number of carbonyl (C=O) groups excluding carboxylic acids is 1. The monoisotopic (exact) mass is 289 g/mol. The van der Waals surface area contributed by atoms with Gasteiger partial charge in [-0.3, -0.25) is 9.69 Å². The van der Waals surface area contributed by atoms with Crippen LogP contribution in [0.5, 0.6) is 5.75 Å². The van der Waals surface area contributed by atoms with Gasteiger partial charge in [0.05, 0.1) is 18.8 Å². The van der Waals surface area contributed by atoms with Crippen LogP contribution in [-0.4, -0.2) is 49.1 Å². The van der Waals surface area contributed by atoms with Crippen LogP contribution in [0.3, 0.4) is 0 Å². The molecule has 114 valence electrons. The smallest absolute Gasteiger partial charge is 0.196 e. The highest BCUT2D eigenvalue weighted by Gasteiger charge is 2.36. The zero-order valence-corrected chi connectivity index (χ0v) is 12.6. The second-order valence-electron chi connectivity index (χ2n) is 5.82. The Hall–Kier alpha value is -1.39. The number of rotatable bonds is 5. The van der Waals surface area contributed by atoms with Gasteiger partial charge in [-0.1, -0.05) is 19.1 Å². The van der Waals surface area contributed by atoms with Crippen molar-refractivity contribution in [2.45, 2.75) is 38.3 Å². The molecule has 0 radical (unpaired) electrons. The molecule has 2 atom stereocenters. The van der Waals surface area contributed by atoms with E-state index in [0.717, 1.165) is 13.0 Å². The minimum atomic E-state index is -0.356. The molecule has 0 aliphatic carbocycles. The summed E-state index contributed by atoms with van der Waals surface area (Å²) in [7, 11) is 0. The van der Waals surface area contributed by atoms with E-state index in [-0.39, 0.29) is 11.9 Å². The predicted molar refractivity (Wildman–Crippen MR) is 80.9 cm³/mol. The number of fused-ring (bicyclic) bond motifs is 1. The zero-order chi connectivity index (χ0) is 14.7. The largest absolute Gasteiger partial charge is 0.493 e. The van der Waals surface area contributed by atoms with Crippen LogP contribution in [0.1, 0.15) is 36.5 Å². The molecule has 21 heavy (non-hydrogen) atoms. The molecule has 1 aromatic carbocycles. The molecule has 2 saturated heterocycles. The predicted octanol–water partition coefficient (Wildman–Crippen LogP) is 2.52. The highest BCUT2D eigenvalue weighted by Crippen LogP contribution is 2.26. The van der Waals surface area contributed by atoms with E-state index in [0.29, 0.717) is 37.1 Å². The lowest BCUT2D eigenvalue weighted by Crippen LogP contribution is -2.49. The number of hydrogen-bond acceptors (Lipinski definition) is 4. The fourth-order valence-corrected chi connectivity index (χ4v) is 3.16. The number of ether oxygens (including phenoxy) is 2. The van der Waals surface area contributed by atoms with E-state index in [9.17, 15) is 4.79 Å². The molecule has 2 aliphatic rings. The Morgan fingerprint density at radius 1 is 1.43 bits per heavy atom. The van der Waals surface area contributed by atoms with E-state index in [1.807, 2.05) is 24.3 Å². The van der Waals surface area contributed by atoms with Crippen molar-refractivity contribution < 1.29 is 14.3 Å². The summed E-state index contributed by atoms with van der Waals surface area (Å²) in [5.41, 5.74) is 0.647. The topological polar surface area (TPSA) is 38.8 Å². The lowest BCUT2D eigenvalue weighted by Gasteiger charge is -2.34. The van der Waals surface area contributed by atoms with Gasteiger partial charge in [0, 0.05) is 12.6 Å². The van der Waals surface area contributed by atoms with E-state index >= 15 is 0 Å². The molecule has 0 N–H and O–H groups in total. The molecule has 2 unspecified atom stereocenters. The number of nitrogens with zero attached hydrogens (tertiary/aromatic N) is 1. The number of morpholine rings is 1. The first kappa shape index (κ1) is 14.5. The maximum absolute atomic E-state index is 12.7. The normalized spacial score (nSPS) is 25.6. The van der Waals surface area contributed by atoms with Crippen LogP contribution >= 0.6 is 0 Å². The minimum absolute atomic E-state index is 0.0482. The molecule has 0 amide bonds. The van der Waals surface area contributed by atoms with Crippen LogP contribution < -0.4 is 4.74 Å². The van der Waals surface area contributed by atoms with Gasteiger partial charge in [0.25, 0.3) is 0 Å². The summed E-state index contributed by atoms with van der Waals surface area (Å²) in [6.07, 6.45) is 2.98. The average Bonchev–Trinajstić information content (AvgIpc) is 3.00. The first-order chi connectivity index (χ1) is 10.3. The van der Waals surface area contributed by atoms with Gasteiger partial charge in [-0.25, -0.2) is 0 Å². The molecule has 2 heterocycles. The third-order valence-electron chi connectivity index (χ3n) is 4.30. The van der Waals surface area contributed by atoms with Gasteiger partial charge in [0.15, 0.2) is 5.78 Å². The van der Waals surface area contributed by atoms with Crippen LogP contribution in [0, 0.1) is 0 Å². The molecule has 0 aromatic heterocycles. The molecule has 0 spiro atoms. The molecular formula is C17H23NO3. The molecule has 2 fully saturated rings. The van der Waals surface area contributed by atoms with Gasteiger partial charge in [0.2, 0.25) is 0 Å². The van der Waals surface area contributed by atoms with Crippen molar-refractivity contribution in [1.29, 1.82) is 0 Å². The summed E-state index contributed by atoms with van der Waals surface area (Å²) in [6.45, 7) is 5.16. The SMILES string of the molecule is CCCOc1ccccc1C(=O)C1CN2CCCC2CO1. The molecular weight excluding hydrogens is 266 g/mol. The minimum Gasteiger partial charge on any atom is -0.493 e. The summed E-state index contributed by atoms with van der Waals surface area (Å²) < 4.78 is 11.5. The lowest BCUT2D eigenvalue weighted by molar-refractivity contribution is -0.0345. The lowest BCUT2D eigenvalue weighted by atomic mass is 10.0. The summed E-state index contributed by atoms with van der Waals surface area (Å²) in [4.78, 5) is 15.1. The van der Waals surface area contributed by atoms with Gasteiger partial charge in [0.1, 0.15) is 11.9 Å². The summed E-state index contributed by atoms with van der Waals surface area (Å²) in [5, 5.41) is 0. The summed E-state index contributed by atoms with van der Waals surface area (Å²) in [6, 6.07) is 8.01. The van der Waals surface area contributed by atoms with Gasteiger partial charge >= 0.3 is 0 Å². The second-order valence-corrected chi connectivity index (χ2v) is 5.82. The van der Waals surface area contributed by atoms with Gasteiger partial charge in [-0.15, -0.1) is 0 Å². The Kier molecular flexibility index (Phi) is 4.56. The number of hydrogen-bond donors (Lipinski definition) is 0. The number of Topliss-reactive ketones (excluding diaryl/α,β-unsaturated/α-hetero) is 1. The van der Waals surface area contributed by atoms with Crippen molar-refractivity contribution in [3.8, 4) is 5.75 Å². The van der Waals surface area contributed by atoms with Gasteiger partial charge in [-0.05, 0) is 37.9 Å². The van der Waals surface area contributed by atoms with E-state index in [1.54, 1.807) is 0 Å². The Bertz CT molecular complexity index is 503. The van der Waals surface area contributed by atoms with E-state index in [2.05, 4.69) is 11.8 Å². The number of carbonyl (C=O) groups is 1. The highest BCUT2D eigenvalue weighted by atomic mass is 16.5. The standard InChI is InChI=1S/C17H23NO3/c1-2-10-20-15-8-4-3-7-14(15)17(19)16-11-18-9-5-6-13(18)12-21-16/h3-4,7-8,13,16H,2,5-6,9-12H2,1H3. The Morgan fingerprint density at radius 2 is 2.29 bits per heavy atom. The quantitative estimate of drug-likeness (QED) is 0.781. The number of para-hydroxylation sites is 1. The van der Waals surface area contributed by atoms with Crippen LogP contribution in [-0.2, 0) is 4.74 Å². The van der Waals surface area contributed by atoms with Crippen LogP contribution in [0.15, 0.2) is 24.3 Å². The van der Waals surface area contributed by atoms with Crippen molar-refractivity contribution in [1.82, 2.24) is 4.90 Å². The Balaban J connectivity index is 1.72. The first-order valence-corrected chi connectivity index (χ1v) is 7.91. The van der Waals surface area contributed by atoms with E-state index < -0.39 is 0 Å². The van der Waals surface area contributed by atoms with Crippen molar-refractivity contribution in [2.24, 2.45) is 0 Å². The summed E-state index contributed by atoms with van der Waals surface area (Å²) >= 11 is 0. The van der Waals surface area contributed by atoms with Gasteiger partial charge in [-0.2, -0.15) is 0 Å². The van der Waals surface area contributed by atoms with Crippen molar-refractivity contribution in [3.63, 3.8) is 0 Å². The molecule has 4 nitrogen and oxygen atoms in total. The summed E-state index contributed by atoms with van der Waals surface area (Å²) in [5.74, 6) is 0.726. The Labute approximate surface area is 126 Å². The zero-order valence-electron chi connectivity index (χ0n) is 12.6. The third kappa shape index (κ3) is 3.11. The molecule has 0 saturated carbocycles.